The molecule has 2 N–H and O–H groups in total. The minimum Gasteiger partial charge on any atom is -0.445 e. The average Bonchev–Trinajstić information content (AvgIpc) is 3.70. The number of likely N-dealkylation sites (tertiary alicyclic amines) is 1. The number of ether oxygens (including phenoxy) is 2. The Hall–Kier alpha value is -3.41. The molecule has 3 unspecified atom stereocenters. The van der Waals surface area contributed by atoms with Crippen LogP contribution in [-0.2, 0) is 41.4 Å². The fourth-order valence-electron chi connectivity index (χ4n) is 8.33. The number of nitrogens with zero attached hydrogens (tertiary/aromatic N) is 1. The first-order valence-electron chi connectivity index (χ1n) is 17.0. The van der Waals surface area contributed by atoms with Crippen LogP contribution in [0.25, 0.3) is 0 Å². The summed E-state index contributed by atoms with van der Waals surface area (Å²) in [5, 5.41) is 5.98. The van der Waals surface area contributed by atoms with Crippen molar-refractivity contribution < 1.29 is 33.2 Å². The van der Waals surface area contributed by atoms with Gasteiger partial charge in [-0.3, -0.25) is 9.59 Å². The number of carbonyl (C=O) groups is 3. The summed E-state index contributed by atoms with van der Waals surface area (Å²) in [6.45, 7) is 7.73. The van der Waals surface area contributed by atoms with E-state index in [-0.39, 0.29) is 36.4 Å². The van der Waals surface area contributed by atoms with Crippen molar-refractivity contribution in [3.8, 4) is 0 Å². The summed E-state index contributed by atoms with van der Waals surface area (Å²) in [5.74, 6) is 0.0170. The molecule has 0 aromatic heterocycles. The summed E-state index contributed by atoms with van der Waals surface area (Å²) in [4.78, 5) is 42.6. The van der Waals surface area contributed by atoms with Gasteiger partial charge in [0.05, 0.1) is 17.6 Å². The average molecular weight is 646 g/mol. The van der Waals surface area contributed by atoms with Crippen LogP contribution < -0.4 is 10.6 Å². The van der Waals surface area contributed by atoms with Crippen LogP contribution in [0.1, 0.15) is 64.0 Å². The standard InChI is InChI=1S/C36H48BN3O7/c1-35(2)26-21-29(35)36(3)30(22-26)46-37(47-36)31(17-19-44-4)39-32(41)28-16-11-18-40(28)33(42)27(20-24-12-7-5-8-13-24)38-34(43)45-23-25-14-9-6-10-15-25/h5-10,12-15,26-31H,11,16-23H2,1-4H3,(H,38,43)(H,39,41)/t26?,27-,28-,29?,30+,31?,36-/m0/s1. The summed E-state index contributed by atoms with van der Waals surface area (Å²) < 4.78 is 24.1. The molecule has 5 fully saturated rings. The van der Waals surface area contributed by atoms with Crippen molar-refractivity contribution in [1.82, 2.24) is 15.5 Å². The van der Waals surface area contributed by atoms with Gasteiger partial charge in [0.2, 0.25) is 11.8 Å². The van der Waals surface area contributed by atoms with Crippen LogP contribution in [0.3, 0.4) is 0 Å². The predicted molar refractivity (Wildman–Crippen MR) is 177 cm³/mol. The number of nitrogens with one attached hydrogen (secondary N) is 2. The van der Waals surface area contributed by atoms with Gasteiger partial charge >= 0.3 is 13.2 Å². The number of hydrogen-bond acceptors (Lipinski definition) is 7. The Bertz CT molecular complexity index is 1410. The Morgan fingerprint density at radius 3 is 2.38 bits per heavy atom. The molecule has 2 aromatic carbocycles. The zero-order valence-corrected chi connectivity index (χ0v) is 28.0. The number of amides is 3. The highest BCUT2D eigenvalue weighted by molar-refractivity contribution is 6.48. The zero-order valence-electron chi connectivity index (χ0n) is 28.0. The highest BCUT2D eigenvalue weighted by atomic mass is 16.7. The summed E-state index contributed by atoms with van der Waals surface area (Å²) in [6.07, 6.45) is 3.38. The SMILES string of the molecule is COCCC(NC(=O)[C@@H]1CCCN1C(=O)[C@H](Cc1ccccc1)NC(=O)OCc1ccccc1)B1O[C@@H]2CC3CC(C3(C)C)[C@]2(C)O1. The molecular formula is C36H48BN3O7. The molecule has 3 aliphatic carbocycles. The van der Waals surface area contributed by atoms with Crippen LogP contribution in [0.5, 0.6) is 0 Å². The number of hydrogen-bond donors (Lipinski definition) is 2. The third-order valence-electron chi connectivity index (χ3n) is 11.2. The molecule has 7 rings (SSSR count). The number of methoxy groups -OCH3 is 1. The Balaban J connectivity index is 1.13. The summed E-state index contributed by atoms with van der Waals surface area (Å²) in [5.41, 5.74) is 1.54. The fraction of sp³-hybridized carbons (Fsp3) is 0.583. The number of alkyl carbamates (subject to hydrolysis) is 1. The number of rotatable bonds is 12. The first-order valence-corrected chi connectivity index (χ1v) is 17.0. The molecule has 0 radical (unpaired) electrons. The molecule has 2 aromatic rings. The fourth-order valence-corrected chi connectivity index (χ4v) is 8.33. The van der Waals surface area contributed by atoms with Gasteiger partial charge in [0.25, 0.3) is 0 Å². The van der Waals surface area contributed by atoms with Crippen molar-refractivity contribution >= 4 is 25.0 Å². The largest absolute Gasteiger partial charge is 0.481 e. The number of benzene rings is 2. The Morgan fingerprint density at radius 2 is 1.70 bits per heavy atom. The molecular weight excluding hydrogens is 597 g/mol. The van der Waals surface area contributed by atoms with Crippen molar-refractivity contribution in [2.75, 3.05) is 20.3 Å². The molecule has 2 aliphatic heterocycles. The van der Waals surface area contributed by atoms with Crippen molar-refractivity contribution in [2.45, 2.75) is 95.6 Å². The molecule has 11 heteroatoms. The monoisotopic (exact) mass is 645 g/mol. The normalized spacial score (nSPS) is 28.5. The van der Waals surface area contributed by atoms with Gasteiger partial charge in [-0.25, -0.2) is 4.79 Å². The maximum atomic E-state index is 14.1. The molecule has 0 spiro atoms. The van der Waals surface area contributed by atoms with E-state index in [1.165, 1.54) is 0 Å². The molecule has 47 heavy (non-hydrogen) atoms. The Kier molecular flexibility index (Phi) is 9.97. The van der Waals surface area contributed by atoms with Gasteiger partial charge in [0.15, 0.2) is 0 Å². The molecule has 2 heterocycles. The predicted octanol–water partition coefficient (Wildman–Crippen LogP) is 4.30. The molecule has 3 amide bonds. The second-order valence-corrected chi connectivity index (χ2v) is 14.4. The highest BCUT2D eigenvalue weighted by Gasteiger charge is 2.68. The van der Waals surface area contributed by atoms with Crippen LogP contribution in [-0.4, -0.2) is 79.9 Å². The lowest BCUT2D eigenvalue weighted by atomic mass is 9.43. The van der Waals surface area contributed by atoms with E-state index in [4.69, 9.17) is 18.8 Å². The maximum absolute atomic E-state index is 14.1. The highest BCUT2D eigenvalue weighted by Crippen LogP contribution is 2.65. The minimum atomic E-state index is -0.905. The lowest BCUT2D eigenvalue weighted by Gasteiger charge is -2.64. The van der Waals surface area contributed by atoms with Crippen molar-refractivity contribution in [3.63, 3.8) is 0 Å². The minimum absolute atomic E-state index is 0.0118. The van der Waals surface area contributed by atoms with Crippen LogP contribution in [0.4, 0.5) is 4.79 Å². The van der Waals surface area contributed by atoms with Crippen LogP contribution in [0.15, 0.2) is 60.7 Å². The van der Waals surface area contributed by atoms with Gasteiger partial charge in [-0.15, -0.1) is 0 Å². The zero-order chi connectivity index (χ0) is 33.2. The van der Waals surface area contributed by atoms with Gasteiger partial charge in [-0.1, -0.05) is 74.5 Å². The van der Waals surface area contributed by atoms with Crippen molar-refractivity contribution in [1.29, 1.82) is 0 Å². The summed E-state index contributed by atoms with van der Waals surface area (Å²) >= 11 is 0. The van der Waals surface area contributed by atoms with Gasteiger partial charge in [-0.2, -0.15) is 0 Å². The first-order chi connectivity index (χ1) is 22.6. The third kappa shape index (κ3) is 6.94. The maximum Gasteiger partial charge on any atom is 0.481 e. The molecule has 10 nitrogen and oxygen atoms in total. The van der Waals surface area contributed by atoms with Gasteiger partial charge < -0.3 is 34.3 Å². The van der Waals surface area contributed by atoms with E-state index in [1.54, 1.807) is 12.0 Å². The second-order valence-electron chi connectivity index (χ2n) is 14.4. The molecule has 2 bridgehead atoms. The van der Waals surface area contributed by atoms with E-state index in [0.717, 1.165) is 24.0 Å². The van der Waals surface area contributed by atoms with E-state index in [1.807, 2.05) is 60.7 Å². The smallest absolute Gasteiger partial charge is 0.445 e. The summed E-state index contributed by atoms with van der Waals surface area (Å²) in [7, 11) is 1.03. The lowest BCUT2D eigenvalue weighted by molar-refractivity contribution is -0.199. The van der Waals surface area contributed by atoms with Crippen LogP contribution in [0.2, 0.25) is 0 Å². The van der Waals surface area contributed by atoms with Crippen LogP contribution >= 0.6 is 0 Å². The van der Waals surface area contributed by atoms with Gasteiger partial charge in [0, 0.05) is 26.7 Å². The van der Waals surface area contributed by atoms with Crippen LogP contribution in [0, 0.1) is 17.3 Å². The molecule has 7 atom stereocenters. The van der Waals surface area contributed by atoms with E-state index in [2.05, 4.69) is 31.4 Å². The second kappa shape index (κ2) is 14.0. The molecule has 5 aliphatic rings. The molecule has 3 saturated carbocycles. The molecule has 252 valence electrons. The lowest BCUT2D eigenvalue weighted by Crippen LogP contribution is -2.65. The van der Waals surface area contributed by atoms with E-state index in [9.17, 15) is 14.4 Å². The van der Waals surface area contributed by atoms with Gasteiger partial charge in [0.1, 0.15) is 18.7 Å². The Morgan fingerprint density at radius 1 is 1.00 bits per heavy atom. The van der Waals surface area contributed by atoms with Gasteiger partial charge in [-0.05, 0) is 67.4 Å². The number of carbonyl (C=O) groups excluding carboxylic acids is 3. The third-order valence-corrected chi connectivity index (χ3v) is 11.2. The van der Waals surface area contributed by atoms with Crippen molar-refractivity contribution in [3.05, 3.63) is 71.8 Å². The first kappa shape index (κ1) is 33.5. The van der Waals surface area contributed by atoms with E-state index < -0.39 is 36.8 Å². The quantitative estimate of drug-likeness (QED) is 0.331. The topological polar surface area (TPSA) is 115 Å². The van der Waals surface area contributed by atoms with E-state index >= 15 is 0 Å². The summed E-state index contributed by atoms with van der Waals surface area (Å²) in [6, 6.07) is 17.3. The molecule has 2 saturated heterocycles. The van der Waals surface area contributed by atoms with Crippen molar-refractivity contribution in [2.24, 2.45) is 17.3 Å². The van der Waals surface area contributed by atoms with E-state index in [0.29, 0.717) is 44.2 Å². The Labute approximate surface area is 278 Å².